The summed E-state index contributed by atoms with van der Waals surface area (Å²) in [5.74, 6) is -0.0216. The third kappa shape index (κ3) is 4.38. The molecule has 25 heavy (non-hydrogen) atoms. The molecule has 0 heterocycles. The largest absolute Gasteiger partial charge is 0.507 e. The van der Waals surface area contributed by atoms with Crippen LogP contribution in [0.5, 0.6) is 5.75 Å². The molecule has 130 valence electrons. The van der Waals surface area contributed by atoms with E-state index in [2.05, 4.69) is 19.2 Å². The lowest BCUT2D eigenvalue weighted by Gasteiger charge is -2.25. The number of hydrogen-bond donors (Lipinski definition) is 1. The maximum Gasteiger partial charge on any atom is 0.333 e. The molecule has 2 aromatic rings. The molecule has 0 bridgehead atoms. The van der Waals surface area contributed by atoms with Crippen LogP contribution in [0.4, 0.5) is 0 Å². The van der Waals surface area contributed by atoms with Crippen LogP contribution in [0.3, 0.4) is 0 Å². The lowest BCUT2D eigenvalue weighted by molar-refractivity contribution is -0.154. The number of ether oxygens (including phenoxy) is 1. The van der Waals surface area contributed by atoms with E-state index in [1.54, 1.807) is 25.1 Å². The number of fused-ring (bicyclic) bond motifs is 1. The van der Waals surface area contributed by atoms with Gasteiger partial charge in [-0.1, -0.05) is 61.7 Å². The Kier molecular flexibility index (Phi) is 5.81. The van der Waals surface area contributed by atoms with Crippen molar-refractivity contribution in [1.82, 2.24) is 0 Å². The lowest BCUT2D eigenvalue weighted by Crippen LogP contribution is -2.26. The number of carbonyl (C=O) groups is 1. The summed E-state index contributed by atoms with van der Waals surface area (Å²) in [6.07, 6.45) is 3.44. The molecule has 1 atom stereocenters. The zero-order valence-electron chi connectivity index (χ0n) is 14.8. The molecule has 3 rings (SSSR count). The van der Waals surface area contributed by atoms with Crippen molar-refractivity contribution >= 4 is 12.0 Å². The van der Waals surface area contributed by atoms with Crippen LogP contribution in [0.2, 0.25) is 0 Å². The highest BCUT2D eigenvalue weighted by Crippen LogP contribution is 2.39. The molecule has 1 N–H and O–H groups in total. The van der Waals surface area contributed by atoms with Crippen molar-refractivity contribution in [1.29, 1.82) is 0 Å². The highest BCUT2D eigenvalue weighted by molar-refractivity contribution is 5.87. The predicted molar refractivity (Wildman–Crippen MR) is 101 cm³/mol. The number of aromatic hydroxyl groups is 1. The molecule has 0 spiro atoms. The summed E-state index contributed by atoms with van der Waals surface area (Å²) in [5.41, 5.74) is 3.15. The summed E-state index contributed by atoms with van der Waals surface area (Å²) < 4.78 is 5.55. The van der Waals surface area contributed by atoms with E-state index in [-0.39, 0.29) is 11.7 Å². The van der Waals surface area contributed by atoms with Crippen LogP contribution in [-0.4, -0.2) is 11.1 Å². The summed E-state index contributed by atoms with van der Waals surface area (Å²) in [5, 5.41) is 9.04. The molecule has 3 nitrogen and oxygen atoms in total. The van der Waals surface area contributed by atoms with E-state index in [0.717, 1.165) is 24.0 Å². The molecule has 0 saturated heterocycles. The molecule has 3 heteroatoms. The number of carbonyl (C=O) groups excluding carboxylic acids is 1. The number of esters is 1. The molecule has 0 radical (unpaired) electrons. The topological polar surface area (TPSA) is 46.5 Å². The van der Waals surface area contributed by atoms with Crippen molar-refractivity contribution in [3.8, 4) is 5.75 Å². The quantitative estimate of drug-likeness (QED) is 0.633. The Bertz CT molecular complexity index is 791. The van der Waals surface area contributed by atoms with Gasteiger partial charge < -0.3 is 9.84 Å². The second-order valence-electron chi connectivity index (χ2n) is 6.32. The number of aryl methyl sites for hydroxylation is 1. The molecule has 0 fully saturated rings. The van der Waals surface area contributed by atoms with Crippen LogP contribution in [0, 0.1) is 0 Å². The van der Waals surface area contributed by atoms with Crippen LogP contribution in [0.25, 0.3) is 6.08 Å². The van der Waals surface area contributed by atoms with Gasteiger partial charge in [-0.2, -0.15) is 0 Å². The van der Waals surface area contributed by atoms with Gasteiger partial charge in [0.15, 0.2) is 0 Å². The molecule has 0 aromatic heterocycles. The van der Waals surface area contributed by atoms with E-state index in [0.29, 0.717) is 5.57 Å². The van der Waals surface area contributed by atoms with Crippen LogP contribution >= 0.6 is 0 Å². The standard InChI is InChI=1S/C14H16O2.C8H8O/c1-10(2)13(15)16-14(3)9-8-11-6-4-5-7-12(11)14;1-2-7-5-3-4-6-8(7)9/h4-7H,1,8-9H2,2-3H3;2-6,9H,1H2. The summed E-state index contributed by atoms with van der Waals surface area (Å²) in [7, 11) is 0. The highest BCUT2D eigenvalue weighted by Gasteiger charge is 2.37. The average molecular weight is 336 g/mol. The lowest BCUT2D eigenvalue weighted by atomic mass is 9.98. The van der Waals surface area contributed by atoms with Crippen molar-refractivity contribution in [2.24, 2.45) is 0 Å². The average Bonchev–Trinajstić information content (AvgIpc) is 2.93. The molecule has 1 aliphatic carbocycles. The first-order valence-corrected chi connectivity index (χ1v) is 8.25. The van der Waals surface area contributed by atoms with Crippen LogP contribution in [0.15, 0.2) is 67.3 Å². The van der Waals surface area contributed by atoms with Crippen molar-refractivity contribution in [3.63, 3.8) is 0 Å². The van der Waals surface area contributed by atoms with Gasteiger partial charge in [-0.05, 0) is 43.9 Å². The highest BCUT2D eigenvalue weighted by atomic mass is 16.6. The Morgan fingerprint density at radius 3 is 2.44 bits per heavy atom. The minimum absolute atomic E-state index is 0.285. The normalized spacial score (nSPS) is 17.7. The first kappa shape index (κ1) is 18.5. The third-order valence-corrected chi connectivity index (χ3v) is 4.28. The maximum atomic E-state index is 11.6. The minimum atomic E-state index is -0.480. The minimum Gasteiger partial charge on any atom is -0.507 e. The molecule has 0 amide bonds. The van der Waals surface area contributed by atoms with E-state index in [9.17, 15) is 4.79 Å². The fourth-order valence-electron chi connectivity index (χ4n) is 2.82. The van der Waals surface area contributed by atoms with Crippen molar-refractivity contribution in [2.75, 3.05) is 0 Å². The molecule has 0 aliphatic heterocycles. The Morgan fingerprint density at radius 2 is 1.84 bits per heavy atom. The second kappa shape index (κ2) is 7.84. The molecule has 2 aromatic carbocycles. The molecule has 1 aliphatic rings. The number of rotatable bonds is 3. The first-order chi connectivity index (χ1) is 11.9. The number of benzene rings is 2. The van der Waals surface area contributed by atoms with Gasteiger partial charge in [-0.25, -0.2) is 4.79 Å². The Hall–Kier alpha value is -2.81. The van der Waals surface area contributed by atoms with Gasteiger partial charge in [0.1, 0.15) is 11.4 Å². The molecular weight excluding hydrogens is 312 g/mol. The van der Waals surface area contributed by atoms with Crippen LogP contribution < -0.4 is 0 Å². The number of phenols is 1. The van der Waals surface area contributed by atoms with Gasteiger partial charge in [-0.15, -0.1) is 0 Å². The predicted octanol–water partition coefficient (Wildman–Crippen LogP) is 5.00. The fourth-order valence-corrected chi connectivity index (χ4v) is 2.82. The zero-order valence-corrected chi connectivity index (χ0v) is 14.8. The van der Waals surface area contributed by atoms with E-state index in [1.165, 1.54) is 5.56 Å². The smallest absolute Gasteiger partial charge is 0.333 e. The fraction of sp³-hybridized carbons (Fsp3) is 0.227. The summed E-state index contributed by atoms with van der Waals surface area (Å²) >= 11 is 0. The second-order valence-corrected chi connectivity index (χ2v) is 6.32. The molecule has 0 saturated carbocycles. The Morgan fingerprint density at radius 1 is 1.20 bits per heavy atom. The van der Waals surface area contributed by atoms with E-state index in [4.69, 9.17) is 9.84 Å². The summed E-state index contributed by atoms with van der Waals surface area (Å²) in [6, 6.07) is 15.2. The monoisotopic (exact) mass is 336 g/mol. The van der Waals surface area contributed by atoms with E-state index in [1.807, 2.05) is 37.3 Å². The Balaban J connectivity index is 0.000000212. The van der Waals surface area contributed by atoms with Gasteiger partial charge in [0.2, 0.25) is 0 Å². The SMILES string of the molecule is C=C(C)C(=O)OC1(C)CCc2ccccc21.C=Cc1ccccc1O. The summed E-state index contributed by atoms with van der Waals surface area (Å²) in [4.78, 5) is 11.6. The number of para-hydroxylation sites is 1. The van der Waals surface area contributed by atoms with Crippen molar-refractivity contribution in [2.45, 2.75) is 32.3 Å². The maximum absolute atomic E-state index is 11.6. The van der Waals surface area contributed by atoms with Crippen LogP contribution in [0.1, 0.15) is 37.0 Å². The molecular formula is C22H24O3. The zero-order chi connectivity index (χ0) is 18.4. The van der Waals surface area contributed by atoms with Gasteiger partial charge >= 0.3 is 5.97 Å². The Labute approximate surface area is 149 Å². The van der Waals surface area contributed by atoms with Gasteiger partial charge in [0, 0.05) is 11.1 Å². The van der Waals surface area contributed by atoms with Gasteiger partial charge in [-0.3, -0.25) is 0 Å². The summed E-state index contributed by atoms with van der Waals surface area (Å²) in [6.45, 7) is 10.8. The van der Waals surface area contributed by atoms with Crippen molar-refractivity contribution < 1.29 is 14.6 Å². The van der Waals surface area contributed by atoms with Crippen LogP contribution in [-0.2, 0) is 21.6 Å². The van der Waals surface area contributed by atoms with E-state index < -0.39 is 5.60 Å². The third-order valence-electron chi connectivity index (χ3n) is 4.28. The molecule has 1 unspecified atom stereocenters. The van der Waals surface area contributed by atoms with E-state index >= 15 is 0 Å². The first-order valence-electron chi connectivity index (χ1n) is 8.25. The number of hydrogen-bond acceptors (Lipinski definition) is 3. The van der Waals surface area contributed by atoms with Gasteiger partial charge in [0.25, 0.3) is 0 Å². The number of phenolic OH excluding ortho intramolecular Hbond substituents is 1. The van der Waals surface area contributed by atoms with Gasteiger partial charge in [0.05, 0.1) is 0 Å². The van der Waals surface area contributed by atoms with Crippen molar-refractivity contribution in [3.05, 3.63) is 84.0 Å².